The largest absolute Gasteiger partial charge is 0.452 e. The lowest BCUT2D eigenvalue weighted by Crippen LogP contribution is -2.47. The molecule has 2 bridgehead atoms. The standard InChI is InChI=1S/C9H12O6/c1-8(2)14-6-5-4(3-10)13-9(6,15-8)7(11)12-5/h4-6,10H,3H2,1-2H3. The van der Waals surface area contributed by atoms with E-state index in [-0.39, 0.29) is 6.61 Å². The van der Waals surface area contributed by atoms with Gasteiger partial charge in [-0.3, -0.25) is 0 Å². The molecule has 1 N–H and O–H groups in total. The molecular weight excluding hydrogens is 204 g/mol. The minimum atomic E-state index is -1.46. The summed E-state index contributed by atoms with van der Waals surface area (Å²) in [7, 11) is 0. The minimum Gasteiger partial charge on any atom is -0.452 e. The van der Waals surface area contributed by atoms with Crippen molar-refractivity contribution in [3.63, 3.8) is 0 Å². The van der Waals surface area contributed by atoms with E-state index >= 15 is 0 Å². The first-order valence-corrected chi connectivity index (χ1v) is 4.86. The number of carbonyl (C=O) groups is 1. The SMILES string of the molecule is CC1(C)OC2C3OC(=O)C2(OC3CO)O1. The Morgan fingerprint density at radius 3 is 2.73 bits per heavy atom. The van der Waals surface area contributed by atoms with Crippen LogP contribution in [0.4, 0.5) is 0 Å². The first-order chi connectivity index (χ1) is 6.98. The number of carbonyl (C=O) groups excluding carboxylic acids is 1. The smallest absolute Gasteiger partial charge is 0.370 e. The molecule has 6 nitrogen and oxygen atoms in total. The third kappa shape index (κ3) is 0.998. The number of rotatable bonds is 1. The zero-order valence-corrected chi connectivity index (χ0v) is 8.43. The molecule has 3 rings (SSSR count). The summed E-state index contributed by atoms with van der Waals surface area (Å²) in [6, 6.07) is 0. The first-order valence-electron chi connectivity index (χ1n) is 4.86. The van der Waals surface area contributed by atoms with Gasteiger partial charge in [0, 0.05) is 0 Å². The Labute approximate surface area is 86.1 Å². The first kappa shape index (κ1) is 9.53. The van der Waals surface area contributed by atoms with Crippen molar-refractivity contribution in [1.82, 2.24) is 0 Å². The molecule has 4 unspecified atom stereocenters. The zero-order chi connectivity index (χ0) is 10.8. The predicted octanol–water partition coefficient (Wildman–Crippen LogP) is -0.849. The summed E-state index contributed by atoms with van der Waals surface area (Å²) < 4.78 is 21.5. The Balaban J connectivity index is 1.98. The second kappa shape index (κ2) is 2.52. The van der Waals surface area contributed by atoms with Crippen LogP contribution in [0.2, 0.25) is 0 Å². The fraction of sp³-hybridized carbons (Fsp3) is 0.889. The van der Waals surface area contributed by atoms with Crippen molar-refractivity contribution in [1.29, 1.82) is 0 Å². The number of hydrogen-bond acceptors (Lipinski definition) is 6. The lowest BCUT2D eigenvalue weighted by Gasteiger charge is -2.30. The van der Waals surface area contributed by atoms with Crippen molar-refractivity contribution in [2.24, 2.45) is 0 Å². The van der Waals surface area contributed by atoms with Gasteiger partial charge in [-0.15, -0.1) is 0 Å². The molecule has 0 aromatic carbocycles. The second-order valence-electron chi connectivity index (χ2n) is 4.42. The van der Waals surface area contributed by atoms with Gasteiger partial charge in [-0.1, -0.05) is 0 Å². The van der Waals surface area contributed by atoms with Crippen molar-refractivity contribution < 1.29 is 28.8 Å². The van der Waals surface area contributed by atoms with Gasteiger partial charge in [0.1, 0.15) is 6.10 Å². The van der Waals surface area contributed by atoms with Crippen LogP contribution >= 0.6 is 0 Å². The predicted molar refractivity (Wildman–Crippen MR) is 44.6 cm³/mol. The van der Waals surface area contributed by atoms with Gasteiger partial charge < -0.3 is 24.1 Å². The molecule has 0 amide bonds. The lowest BCUT2D eigenvalue weighted by atomic mass is 10.1. The van der Waals surface area contributed by atoms with Crippen LogP contribution in [0.5, 0.6) is 0 Å². The highest BCUT2D eigenvalue weighted by molar-refractivity contribution is 5.83. The van der Waals surface area contributed by atoms with E-state index in [1.807, 2.05) is 0 Å². The van der Waals surface area contributed by atoms with Crippen LogP contribution in [0.3, 0.4) is 0 Å². The average molecular weight is 216 g/mol. The highest BCUT2D eigenvalue weighted by Gasteiger charge is 2.76. The molecule has 0 spiro atoms. The van der Waals surface area contributed by atoms with E-state index in [1.54, 1.807) is 13.8 Å². The van der Waals surface area contributed by atoms with E-state index in [2.05, 4.69) is 0 Å². The summed E-state index contributed by atoms with van der Waals surface area (Å²) >= 11 is 0. The molecule has 0 aromatic heterocycles. The topological polar surface area (TPSA) is 74.2 Å². The van der Waals surface area contributed by atoms with Crippen molar-refractivity contribution in [3.05, 3.63) is 0 Å². The normalized spacial score (nSPS) is 50.6. The summed E-state index contributed by atoms with van der Waals surface area (Å²) in [4.78, 5) is 11.6. The maximum absolute atomic E-state index is 11.6. The van der Waals surface area contributed by atoms with Crippen LogP contribution in [0.15, 0.2) is 0 Å². The fourth-order valence-corrected chi connectivity index (χ4v) is 2.38. The van der Waals surface area contributed by atoms with Gasteiger partial charge in [0.05, 0.1) is 6.61 Å². The molecule has 84 valence electrons. The monoisotopic (exact) mass is 216 g/mol. The van der Waals surface area contributed by atoms with Gasteiger partial charge in [-0.25, -0.2) is 4.79 Å². The summed E-state index contributed by atoms with van der Waals surface area (Å²) in [6.45, 7) is 3.20. The van der Waals surface area contributed by atoms with Crippen molar-refractivity contribution in [2.45, 2.75) is 43.7 Å². The molecule has 4 atom stereocenters. The Morgan fingerprint density at radius 1 is 1.40 bits per heavy atom. The van der Waals surface area contributed by atoms with Crippen LogP contribution < -0.4 is 0 Å². The van der Waals surface area contributed by atoms with E-state index in [0.29, 0.717) is 0 Å². The Bertz CT molecular complexity index is 327. The van der Waals surface area contributed by atoms with Gasteiger partial charge in [0.2, 0.25) is 0 Å². The minimum absolute atomic E-state index is 0.219. The Kier molecular flexibility index (Phi) is 1.60. The zero-order valence-electron chi connectivity index (χ0n) is 8.43. The van der Waals surface area contributed by atoms with Crippen LogP contribution in [0.25, 0.3) is 0 Å². The molecular formula is C9H12O6. The number of aliphatic hydroxyl groups excluding tert-OH is 1. The maximum atomic E-state index is 11.6. The lowest BCUT2D eigenvalue weighted by molar-refractivity contribution is -0.286. The summed E-state index contributed by atoms with van der Waals surface area (Å²) in [6.07, 6.45) is -1.69. The van der Waals surface area contributed by atoms with Gasteiger partial charge in [-0.05, 0) is 13.8 Å². The molecule has 3 fully saturated rings. The van der Waals surface area contributed by atoms with Gasteiger partial charge in [-0.2, -0.15) is 0 Å². The van der Waals surface area contributed by atoms with E-state index < -0.39 is 35.9 Å². The van der Waals surface area contributed by atoms with Gasteiger partial charge in [0.15, 0.2) is 18.0 Å². The third-order valence-electron chi connectivity index (χ3n) is 2.88. The number of hydrogen-bond donors (Lipinski definition) is 1. The molecule has 3 aliphatic heterocycles. The van der Waals surface area contributed by atoms with Crippen LogP contribution in [0.1, 0.15) is 13.8 Å². The van der Waals surface area contributed by atoms with Gasteiger partial charge in [0.25, 0.3) is 0 Å². The molecule has 0 radical (unpaired) electrons. The number of aliphatic hydroxyl groups is 1. The summed E-state index contributed by atoms with van der Waals surface area (Å²) in [5.74, 6) is -2.88. The van der Waals surface area contributed by atoms with E-state index in [9.17, 15) is 4.79 Å². The maximum Gasteiger partial charge on any atom is 0.370 e. The molecule has 3 aliphatic rings. The molecule has 0 saturated carbocycles. The Hall–Kier alpha value is -0.690. The van der Waals surface area contributed by atoms with Crippen LogP contribution in [-0.2, 0) is 23.7 Å². The molecule has 3 heterocycles. The molecule has 0 aliphatic carbocycles. The summed E-state index contributed by atoms with van der Waals surface area (Å²) in [5, 5.41) is 9.03. The molecule has 0 aromatic rings. The molecule has 15 heavy (non-hydrogen) atoms. The molecule has 3 saturated heterocycles. The number of ether oxygens (including phenoxy) is 4. The van der Waals surface area contributed by atoms with Crippen LogP contribution in [0, 0.1) is 0 Å². The van der Waals surface area contributed by atoms with E-state index in [0.717, 1.165) is 0 Å². The van der Waals surface area contributed by atoms with Crippen LogP contribution in [-0.4, -0.2) is 47.6 Å². The quantitative estimate of drug-likeness (QED) is 0.575. The number of esters is 1. The van der Waals surface area contributed by atoms with E-state index in [4.69, 9.17) is 24.1 Å². The third-order valence-corrected chi connectivity index (χ3v) is 2.88. The highest BCUT2D eigenvalue weighted by atomic mass is 16.9. The highest BCUT2D eigenvalue weighted by Crippen LogP contribution is 2.51. The van der Waals surface area contributed by atoms with E-state index in [1.165, 1.54) is 0 Å². The van der Waals surface area contributed by atoms with Gasteiger partial charge >= 0.3 is 11.8 Å². The van der Waals surface area contributed by atoms with Crippen molar-refractivity contribution in [3.8, 4) is 0 Å². The summed E-state index contributed by atoms with van der Waals surface area (Å²) in [5.41, 5.74) is 0. The fourth-order valence-electron chi connectivity index (χ4n) is 2.38. The Morgan fingerprint density at radius 2 is 2.13 bits per heavy atom. The van der Waals surface area contributed by atoms with Crippen molar-refractivity contribution >= 4 is 5.97 Å². The second-order valence-corrected chi connectivity index (χ2v) is 4.42. The van der Waals surface area contributed by atoms with Crippen molar-refractivity contribution in [2.75, 3.05) is 6.61 Å². The average Bonchev–Trinajstić information content (AvgIpc) is 2.64. The molecule has 6 heteroatoms.